The van der Waals surface area contributed by atoms with Crippen molar-refractivity contribution in [3.05, 3.63) is 64.7 Å². The molecule has 1 aliphatic carbocycles. The molecule has 0 spiro atoms. The molecule has 0 aliphatic heterocycles. The van der Waals surface area contributed by atoms with Gasteiger partial charge in [-0.1, -0.05) is 6.07 Å². The molecule has 1 aliphatic rings. The fourth-order valence-corrected chi connectivity index (χ4v) is 4.03. The van der Waals surface area contributed by atoms with Crippen molar-refractivity contribution in [3.8, 4) is 29.0 Å². The van der Waals surface area contributed by atoms with Crippen molar-refractivity contribution in [1.29, 1.82) is 0 Å². The van der Waals surface area contributed by atoms with Gasteiger partial charge in [-0.2, -0.15) is 5.10 Å². The number of aromatic amines is 1. The van der Waals surface area contributed by atoms with Crippen LogP contribution in [0.2, 0.25) is 0 Å². The lowest BCUT2D eigenvalue weighted by Crippen LogP contribution is -2.08. The highest BCUT2D eigenvalue weighted by Gasteiger charge is 2.31. The maximum atomic E-state index is 11.7. The first kappa shape index (κ1) is 21.0. The molecule has 5 aromatic heterocycles. The predicted molar refractivity (Wildman–Crippen MR) is 125 cm³/mol. The van der Waals surface area contributed by atoms with Gasteiger partial charge < -0.3 is 9.47 Å². The van der Waals surface area contributed by atoms with Gasteiger partial charge in [0.25, 0.3) is 5.56 Å². The summed E-state index contributed by atoms with van der Waals surface area (Å²) in [5.74, 6) is 2.26. The molecule has 176 valence electrons. The van der Waals surface area contributed by atoms with Crippen molar-refractivity contribution >= 4 is 11.0 Å². The van der Waals surface area contributed by atoms with Gasteiger partial charge in [0.05, 0.1) is 44.1 Å². The zero-order valence-corrected chi connectivity index (χ0v) is 19.0. The monoisotopic (exact) mass is 471 g/mol. The maximum Gasteiger partial charge on any atom is 0.268 e. The van der Waals surface area contributed by atoms with Gasteiger partial charge in [-0.15, -0.1) is 0 Å². The van der Waals surface area contributed by atoms with Gasteiger partial charge in [0, 0.05) is 18.3 Å². The molecule has 1 N–H and O–H groups in total. The highest BCUT2D eigenvalue weighted by atomic mass is 16.5. The fourth-order valence-electron chi connectivity index (χ4n) is 4.03. The molecule has 1 fully saturated rings. The third kappa shape index (κ3) is 3.78. The van der Waals surface area contributed by atoms with Gasteiger partial charge in [0.15, 0.2) is 17.3 Å². The summed E-state index contributed by atoms with van der Waals surface area (Å²) in [5, 5.41) is 7.98. The lowest BCUT2D eigenvalue weighted by molar-refractivity contribution is 0.382. The predicted octanol–water partition coefficient (Wildman–Crippen LogP) is 2.10. The molecule has 1 saturated carbocycles. The Balaban J connectivity index is 1.34. The first-order valence-electron chi connectivity index (χ1n) is 11.0. The van der Waals surface area contributed by atoms with E-state index < -0.39 is 0 Å². The minimum Gasteiger partial charge on any atom is -0.481 e. The van der Waals surface area contributed by atoms with Crippen LogP contribution in [0.3, 0.4) is 0 Å². The zero-order valence-electron chi connectivity index (χ0n) is 19.0. The Bertz CT molecular complexity index is 1580. The molecule has 0 amide bonds. The summed E-state index contributed by atoms with van der Waals surface area (Å²) < 4.78 is 14.0. The SMILES string of the molecule is COc1ncnc(C2CC2)c1-c1ncc2cnn(Cc3ccc(-n4[nH]c(=O)cc4OC)nc3)c2n1. The van der Waals surface area contributed by atoms with Gasteiger partial charge in [0.2, 0.25) is 11.8 Å². The molecular formula is C23H21N9O3. The molecule has 12 heteroatoms. The summed E-state index contributed by atoms with van der Waals surface area (Å²) in [6.45, 7) is 0.449. The van der Waals surface area contributed by atoms with Crippen molar-refractivity contribution in [2.24, 2.45) is 0 Å². The maximum absolute atomic E-state index is 11.7. The summed E-state index contributed by atoms with van der Waals surface area (Å²) in [6.07, 6.45) is 8.89. The molecule has 0 unspecified atom stereocenters. The average molecular weight is 471 g/mol. The van der Waals surface area contributed by atoms with Crippen molar-refractivity contribution in [2.75, 3.05) is 14.2 Å². The summed E-state index contributed by atoms with van der Waals surface area (Å²) >= 11 is 0. The molecule has 0 atom stereocenters. The summed E-state index contributed by atoms with van der Waals surface area (Å²) in [4.78, 5) is 34.3. The standard InChI is InChI=1S/C23H21N9O3/c1-34-18-7-17(33)30-32(18)16-6-3-13(8-24-16)11-31-22-15(10-28-31)9-25-21(29-22)19-20(14-4-5-14)26-12-27-23(19)35-2/h3,6-10,12,14H,4-5,11H2,1-2H3,(H,30,33). The van der Waals surface area contributed by atoms with Crippen LogP contribution in [-0.2, 0) is 6.54 Å². The van der Waals surface area contributed by atoms with Crippen LogP contribution < -0.4 is 15.0 Å². The van der Waals surface area contributed by atoms with Crippen LogP contribution in [0.5, 0.6) is 11.8 Å². The van der Waals surface area contributed by atoms with E-state index in [4.69, 9.17) is 14.5 Å². The summed E-state index contributed by atoms with van der Waals surface area (Å²) in [5.41, 5.74) is 2.97. The van der Waals surface area contributed by atoms with Gasteiger partial charge >= 0.3 is 0 Å². The fraction of sp³-hybridized carbons (Fsp3) is 0.261. The van der Waals surface area contributed by atoms with E-state index in [2.05, 4.69) is 30.1 Å². The highest BCUT2D eigenvalue weighted by molar-refractivity contribution is 5.77. The van der Waals surface area contributed by atoms with E-state index in [1.807, 2.05) is 6.07 Å². The molecule has 12 nitrogen and oxygen atoms in total. The number of rotatable bonds is 7. The quantitative estimate of drug-likeness (QED) is 0.378. The number of nitrogens with zero attached hydrogens (tertiary/aromatic N) is 8. The van der Waals surface area contributed by atoms with E-state index in [0.29, 0.717) is 41.5 Å². The van der Waals surface area contributed by atoms with E-state index >= 15 is 0 Å². The van der Waals surface area contributed by atoms with Gasteiger partial charge in [-0.05, 0) is 24.5 Å². The molecule has 5 heterocycles. The smallest absolute Gasteiger partial charge is 0.268 e. The number of methoxy groups -OCH3 is 2. The molecule has 35 heavy (non-hydrogen) atoms. The average Bonchev–Trinajstić information content (AvgIpc) is 3.57. The lowest BCUT2D eigenvalue weighted by atomic mass is 10.1. The number of aromatic nitrogens is 9. The second kappa shape index (κ2) is 8.31. The normalized spacial score (nSPS) is 13.3. The Morgan fingerprint density at radius 1 is 1.06 bits per heavy atom. The molecule has 0 bridgehead atoms. The van der Waals surface area contributed by atoms with Crippen molar-refractivity contribution in [3.63, 3.8) is 0 Å². The van der Waals surface area contributed by atoms with Crippen molar-refractivity contribution < 1.29 is 9.47 Å². The molecule has 5 aromatic rings. The Kier molecular flexibility index (Phi) is 4.98. The van der Waals surface area contributed by atoms with Gasteiger partial charge in [-0.3, -0.25) is 9.89 Å². The first-order valence-corrected chi connectivity index (χ1v) is 11.0. The number of nitrogens with one attached hydrogen (secondary N) is 1. The third-order valence-electron chi connectivity index (χ3n) is 5.88. The summed E-state index contributed by atoms with van der Waals surface area (Å²) in [7, 11) is 3.08. The number of ether oxygens (including phenoxy) is 2. The van der Waals surface area contributed by atoms with Crippen molar-refractivity contribution in [1.82, 2.24) is 44.5 Å². The molecule has 0 aromatic carbocycles. The molecule has 6 rings (SSSR count). The van der Waals surface area contributed by atoms with Crippen LogP contribution in [0.15, 0.2) is 47.9 Å². The van der Waals surface area contributed by atoms with Crippen LogP contribution >= 0.6 is 0 Å². The minimum absolute atomic E-state index is 0.267. The van der Waals surface area contributed by atoms with Crippen LogP contribution in [-0.4, -0.2) is 58.7 Å². The van der Waals surface area contributed by atoms with E-state index in [9.17, 15) is 4.79 Å². The van der Waals surface area contributed by atoms with Crippen LogP contribution in [0, 0.1) is 0 Å². The Morgan fingerprint density at radius 3 is 2.69 bits per heavy atom. The first-order chi connectivity index (χ1) is 17.1. The number of pyridine rings is 1. The van der Waals surface area contributed by atoms with Crippen LogP contribution in [0.4, 0.5) is 0 Å². The van der Waals surface area contributed by atoms with Crippen molar-refractivity contribution in [2.45, 2.75) is 25.3 Å². The topological polar surface area (TPSA) is 139 Å². The Hall–Kier alpha value is -4.61. The van der Waals surface area contributed by atoms with E-state index in [-0.39, 0.29) is 5.56 Å². The van der Waals surface area contributed by atoms with Crippen LogP contribution in [0.1, 0.15) is 30.0 Å². The zero-order chi connectivity index (χ0) is 23.9. The van der Waals surface area contributed by atoms with Crippen LogP contribution in [0.25, 0.3) is 28.2 Å². The van der Waals surface area contributed by atoms with E-state index in [0.717, 1.165) is 35.0 Å². The number of fused-ring (bicyclic) bond motifs is 1. The summed E-state index contributed by atoms with van der Waals surface area (Å²) in [6, 6.07) is 5.08. The second-order valence-corrected chi connectivity index (χ2v) is 8.22. The Morgan fingerprint density at radius 2 is 1.94 bits per heavy atom. The highest BCUT2D eigenvalue weighted by Crippen LogP contribution is 2.44. The molecular weight excluding hydrogens is 450 g/mol. The van der Waals surface area contributed by atoms with Gasteiger partial charge in [0.1, 0.15) is 11.9 Å². The number of hydrogen-bond acceptors (Lipinski definition) is 9. The largest absolute Gasteiger partial charge is 0.481 e. The second-order valence-electron chi connectivity index (χ2n) is 8.22. The van der Waals surface area contributed by atoms with Gasteiger partial charge in [-0.25, -0.2) is 34.3 Å². The lowest BCUT2D eigenvalue weighted by Gasteiger charge is -2.11. The third-order valence-corrected chi connectivity index (χ3v) is 5.88. The van der Waals surface area contributed by atoms with E-state index in [1.165, 1.54) is 24.2 Å². The molecule has 0 radical (unpaired) electrons. The van der Waals surface area contributed by atoms with E-state index in [1.54, 1.807) is 36.4 Å². The Labute approximate surface area is 198 Å². The molecule has 0 saturated heterocycles. The number of hydrogen-bond donors (Lipinski definition) is 1. The minimum atomic E-state index is -0.267. The number of H-pyrrole nitrogens is 1.